The Labute approximate surface area is 333 Å². The molecule has 8 heteroatoms. The molecule has 0 unspecified atom stereocenters. The van der Waals surface area contributed by atoms with E-state index in [0.29, 0.717) is 6.61 Å². The molecule has 2 aliphatic rings. The molecular formula is C48H59N7O+2. The third kappa shape index (κ3) is 10.1. The molecular weight excluding hydrogens is 691 g/mol. The number of benzene rings is 2. The average Bonchev–Trinajstić information content (AvgIpc) is 3.98. The maximum Gasteiger partial charge on any atom is 0.119 e. The Morgan fingerprint density at radius 2 is 1.09 bits per heavy atom. The fraction of sp³-hybridized carbons (Fsp3) is 0.333. The van der Waals surface area contributed by atoms with Crippen LogP contribution in [0.25, 0.3) is 68.6 Å². The monoisotopic (exact) mass is 749 g/mol. The zero-order valence-corrected chi connectivity index (χ0v) is 34.4. The van der Waals surface area contributed by atoms with Gasteiger partial charge >= 0.3 is 0 Å². The molecule has 0 spiro atoms. The number of ether oxygens (including phenoxy) is 1. The van der Waals surface area contributed by atoms with Gasteiger partial charge in [0.15, 0.2) is 0 Å². The summed E-state index contributed by atoms with van der Waals surface area (Å²) in [5.74, 6) is 0.885. The number of aromatic amines is 2. The molecule has 5 heterocycles. The van der Waals surface area contributed by atoms with Gasteiger partial charge in [-0.1, -0.05) is 42.0 Å². The SMILES string of the molecule is Cc1ccc(-c2c3nc(cc4ccc([nH]4)c(-c4ccc(OCCC[N+](C)(C)CCCN(C)CCC[N+](C)(C)C)cc4)c4nc(cc5ccc2[nH]5)C=C4)C=C3)cc1. The van der Waals surface area contributed by atoms with E-state index < -0.39 is 0 Å². The van der Waals surface area contributed by atoms with Crippen LogP contribution in [0.1, 0.15) is 47.6 Å². The lowest BCUT2D eigenvalue weighted by Gasteiger charge is -2.31. The third-order valence-corrected chi connectivity index (χ3v) is 10.7. The normalized spacial score (nSPS) is 12.9. The number of nitrogens with one attached hydrogen (secondary N) is 2. The number of H-pyrrole nitrogens is 2. The zero-order chi connectivity index (χ0) is 39.3. The number of nitrogens with zero attached hydrogens (tertiary/aromatic N) is 5. The van der Waals surface area contributed by atoms with Crippen molar-refractivity contribution in [1.29, 1.82) is 0 Å². The van der Waals surface area contributed by atoms with E-state index in [9.17, 15) is 0 Å². The molecule has 2 N–H and O–H groups in total. The van der Waals surface area contributed by atoms with Crippen LogP contribution in [0, 0.1) is 6.92 Å². The molecule has 0 fully saturated rings. The van der Waals surface area contributed by atoms with Crippen molar-refractivity contribution in [3.63, 3.8) is 0 Å². The number of hydrogen-bond acceptors (Lipinski definition) is 4. The van der Waals surface area contributed by atoms with Gasteiger partial charge in [0.05, 0.1) is 84.3 Å². The summed E-state index contributed by atoms with van der Waals surface area (Å²) in [6, 6.07) is 29.8. The van der Waals surface area contributed by atoms with Gasteiger partial charge in [0.1, 0.15) is 5.75 Å². The standard InChI is InChI=1S/C48H59N7O/c1-35-11-13-36(14-12-35)47-43-23-17-38(49-43)33-40-19-25-45(51-40)48(46-26-20-41(52-46)34-39-18-24-44(47)50-39)37-15-21-42(22-16-37)56-32-10-31-55(6,7)30-9-28-53(2)27-8-29-54(3,4)5/h11-26,33-34,49,52H,8-10,27-32H2,1-7H3/q+2. The Hall–Kier alpha value is -5.28. The number of aryl methyl sites for hydroxylation is 1. The second-order valence-corrected chi connectivity index (χ2v) is 17.2. The fourth-order valence-electron chi connectivity index (χ4n) is 7.61. The number of hydrogen-bond donors (Lipinski definition) is 2. The van der Waals surface area contributed by atoms with E-state index in [0.717, 1.165) is 101 Å². The second-order valence-electron chi connectivity index (χ2n) is 17.2. The van der Waals surface area contributed by atoms with Crippen LogP contribution in [0.15, 0.2) is 84.9 Å². The lowest BCUT2D eigenvalue weighted by atomic mass is 10.0. The molecule has 8 bridgehead atoms. The minimum atomic E-state index is 0.699. The molecule has 7 rings (SSSR count). The first-order valence-corrected chi connectivity index (χ1v) is 20.1. The first-order chi connectivity index (χ1) is 26.9. The smallest absolute Gasteiger partial charge is 0.119 e. The van der Waals surface area contributed by atoms with Gasteiger partial charge in [-0.15, -0.1) is 0 Å². The Kier molecular flexibility index (Phi) is 11.7. The quantitative estimate of drug-likeness (QED) is 0.0810. The van der Waals surface area contributed by atoms with Gasteiger partial charge in [-0.2, -0.15) is 0 Å². The van der Waals surface area contributed by atoms with Crippen molar-refractivity contribution in [3.05, 3.63) is 113 Å². The maximum absolute atomic E-state index is 6.27. The molecule has 56 heavy (non-hydrogen) atoms. The predicted molar refractivity (Wildman–Crippen MR) is 236 cm³/mol. The summed E-state index contributed by atoms with van der Waals surface area (Å²) in [4.78, 5) is 20.0. The molecule has 290 valence electrons. The lowest BCUT2D eigenvalue weighted by molar-refractivity contribution is -0.890. The van der Waals surface area contributed by atoms with E-state index in [2.05, 4.69) is 173 Å². The molecule has 0 saturated carbocycles. The Balaban J connectivity index is 1.07. The molecule has 2 aromatic carbocycles. The summed E-state index contributed by atoms with van der Waals surface area (Å²) in [7, 11) is 13.7. The highest BCUT2D eigenvalue weighted by Gasteiger charge is 2.17. The van der Waals surface area contributed by atoms with Crippen molar-refractivity contribution >= 4 is 46.4 Å². The fourth-order valence-corrected chi connectivity index (χ4v) is 7.61. The summed E-state index contributed by atoms with van der Waals surface area (Å²) in [6.45, 7) is 8.60. The van der Waals surface area contributed by atoms with E-state index in [1.165, 1.54) is 38.0 Å². The van der Waals surface area contributed by atoms with E-state index in [-0.39, 0.29) is 0 Å². The van der Waals surface area contributed by atoms with Gasteiger partial charge in [-0.3, -0.25) is 0 Å². The highest BCUT2D eigenvalue weighted by atomic mass is 16.5. The van der Waals surface area contributed by atoms with Crippen LogP contribution in [0.2, 0.25) is 0 Å². The minimum absolute atomic E-state index is 0.699. The van der Waals surface area contributed by atoms with E-state index >= 15 is 0 Å². The summed E-state index contributed by atoms with van der Waals surface area (Å²) < 4.78 is 8.31. The maximum atomic E-state index is 6.27. The van der Waals surface area contributed by atoms with Gasteiger partial charge < -0.3 is 28.6 Å². The van der Waals surface area contributed by atoms with Crippen molar-refractivity contribution in [2.24, 2.45) is 0 Å². The Morgan fingerprint density at radius 3 is 1.62 bits per heavy atom. The summed E-state index contributed by atoms with van der Waals surface area (Å²) in [6.07, 6.45) is 11.8. The highest BCUT2D eigenvalue weighted by Crippen LogP contribution is 2.33. The molecule has 5 aromatic rings. The van der Waals surface area contributed by atoms with Crippen LogP contribution in [0.3, 0.4) is 0 Å². The largest absolute Gasteiger partial charge is 0.493 e. The summed E-state index contributed by atoms with van der Waals surface area (Å²) in [5.41, 5.74) is 13.2. The molecule has 8 nitrogen and oxygen atoms in total. The molecule has 0 amide bonds. The van der Waals surface area contributed by atoms with Gasteiger partial charge in [0.25, 0.3) is 0 Å². The van der Waals surface area contributed by atoms with E-state index in [1.807, 2.05) is 0 Å². The zero-order valence-electron chi connectivity index (χ0n) is 34.4. The molecule has 0 saturated heterocycles. The number of quaternary nitrogens is 2. The van der Waals surface area contributed by atoms with Crippen molar-refractivity contribution in [3.8, 4) is 28.0 Å². The van der Waals surface area contributed by atoms with E-state index in [1.54, 1.807) is 0 Å². The summed E-state index contributed by atoms with van der Waals surface area (Å²) in [5, 5.41) is 0. The topological polar surface area (TPSA) is 69.8 Å². The van der Waals surface area contributed by atoms with Gasteiger partial charge in [0.2, 0.25) is 0 Å². The van der Waals surface area contributed by atoms with Crippen molar-refractivity contribution in [1.82, 2.24) is 24.8 Å². The van der Waals surface area contributed by atoms with Crippen LogP contribution in [0.4, 0.5) is 0 Å². The van der Waals surface area contributed by atoms with Gasteiger partial charge in [0, 0.05) is 65.5 Å². The van der Waals surface area contributed by atoms with Crippen LogP contribution in [-0.2, 0) is 0 Å². The first-order valence-electron chi connectivity index (χ1n) is 20.1. The first kappa shape index (κ1) is 39.0. The summed E-state index contributed by atoms with van der Waals surface area (Å²) >= 11 is 0. The molecule has 0 aliphatic carbocycles. The van der Waals surface area contributed by atoms with E-state index in [4.69, 9.17) is 14.7 Å². The van der Waals surface area contributed by atoms with Crippen LogP contribution < -0.4 is 4.74 Å². The van der Waals surface area contributed by atoms with Gasteiger partial charge in [-0.25, -0.2) is 9.97 Å². The van der Waals surface area contributed by atoms with Crippen LogP contribution in [0.5, 0.6) is 5.75 Å². The Morgan fingerprint density at radius 1 is 0.589 bits per heavy atom. The average molecular weight is 750 g/mol. The Bertz CT molecular complexity index is 2360. The number of rotatable bonds is 15. The van der Waals surface area contributed by atoms with Gasteiger partial charge in [-0.05, 0) is 97.9 Å². The van der Waals surface area contributed by atoms with Crippen LogP contribution in [-0.4, -0.2) is 115 Å². The number of fused-ring (bicyclic) bond motifs is 8. The highest BCUT2D eigenvalue weighted by molar-refractivity contribution is 5.93. The second kappa shape index (κ2) is 16.8. The molecule has 3 aromatic heterocycles. The van der Waals surface area contributed by atoms with Crippen molar-refractivity contribution < 1.29 is 13.7 Å². The molecule has 0 radical (unpaired) electrons. The third-order valence-electron chi connectivity index (χ3n) is 10.7. The molecule has 2 aliphatic heterocycles. The lowest BCUT2D eigenvalue weighted by Crippen LogP contribution is -2.43. The van der Waals surface area contributed by atoms with Crippen molar-refractivity contribution in [2.75, 3.05) is 81.6 Å². The minimum Gasteiger partial charge on any atom is -0.493 e. The number of aromatic nitrogens is 4. The van der Waals surface area contributed by atoms with Crippen molar-refractivity contribution in [2.45, 2.75) is 26.2 Å². The molecule has 0 atom stereocenters. The van der Waals surface area contributed by atoms with Crippen LogP contribution >= 0.6 is 0 Å². The predicted octanol–water partition coefficient (Wildman–Crippen LogP) is 9.56.